The fraction of sp³-hybridized carbons (Fsp3) is 0.0800. The standard InChI is InChI=1S/C25H21N3O2S3/c1-17(24(30)28-25-27-21(16-32-25)22-11-6-14-31-22)33-20-10-5-9-19(15-20)26-23(29)13-12-18-7-3-2-4-8-18/h2-17H,1H3,(H,26,29)(H,27,28,30)/b13-12+. The Balaban J connectivity index is 1.32. The van der Waals surface area contributed by atoms with E-state index >= 15 is 0 Å². The molecular weight excluding hydrogens is 470 g/mol. The van der Waals surface area contributed by atoms with Crippen LogP contribution in [-0.4, -0.2) is 22.0 Å². The van der Waals surface area contributed by atoms with Crippen LogP contribution >= 0.6 is 34.4 Å². The molecule has 0 bridgehead atoms. The SMILES string of the molecule is CC(Sc1cccc(NC(=O)/C=C/c2ccccc2)c1)C(=O)Nc1nc(-c2cccs2)cs1. The second-order valence-electron chi connectivity index (χ2n) is 7.03. The molecule has 33 heavy (non-hydrogen) atoms. The molecular formula is C25H21N3O2S3. The zero-order valence-electron chi connectivity index (χ0n) is 17.7. The molecule has 166 valence electrons. The minimum Gasteiger partial charge on any atom is -0.322 e. The molecule has 2 aromatic heterocycles. The lowest BCUT2D eigenvalue weighted by molar-refractivity contribution is -0.115. The van der Waals surface area contributed by atoms with Crippen LogP contribution in [0.1, 0.15) is 12.5 Å². The molecule has 0 radical (unpaired) electrons. The van der Waals surface area contributed by atoms with Gasteiger partial charge in [-0.25, -0.2) is 4.98 Å². The molecule has 0 fully saturated rings. The van der Waals surface area contributed by atoms with Gasteiger partial charge in [-0.1, -0.05) is 42.5 Å². The van der Waals surface area contributed by atoms with Crippen molar-refractivity contribution in [3.05, 3.63) is 89.1 Å². The highest BCUT2D eigenvalue weighted by molar-refractivity contribution is 8.00. The number of thiophene rings is 1. The number of aromatic nitrogens is 1. The summed E-state index contributed by atoms with van der Waals surface area (Å²) in [4.78, 5) is 31.4. The van der Waals surface area contributed by atoms with E-state index in [1.165, 1.54) is 29.2 Å². The summed E-state index contributed by atoms with van der Waals surface area (Å²) in [5.41, 5.74) is 2.51. The number of nitrogens with one attached hydrogen (secondary N) is 2. The van der Waals surface area contributed by atoms with Gasteiger partial charge in [-0.3, -0.25) is 9.59 Å². The zero-order chi connectivity index (χ0) is 23.0. The van der Waals surface area contributed by atoms with Crippen LogP contribution in [0.4, 0.5) is 10.8 Å². The van der Waals surface area contributed by atoms with E-state index < -0.39 is 0 Å². The molecule has 2 aromatic carbocycles. The van der Waals surface area contributed by atoms with Crippen LogP contribution in [0, 0.1) is 0 Å². The molecule has 2 N–H and O–H groups in total. The Morgan fingerprint density at radius 2 is 1.85 bits per heavy atom. The van der Waals surface area contributed by atoms with E-state index in [9.17, 15) is 9.59 Å². The Bertz CT molecular complexity index is 1250. The quantitative estimate of drug-likeness (QED) is 0.214. The van der Waals surface area contributed by atoms with E-state index in [0.717, 1.165) is 21.0 Å². The highest BCUT2D eigenvalue weighted by Crippen LogP contribution is 2.30. The van der Waals surface area contributed by atoms with E-state index in [1.54, 1.807) is 17.4 Å². The molecule has 4 aromatic rings. The number of thioether (sulfide) groups is 1. The third-order valence-electron chi connectivity index (χ3n) is 4.52. The van der Waals surface area contributed by atoms with Crippen LogP contribution in [0.15, 0.2) is 88.5 Å². The predicted octanol–water partition coefficient (Wildman–Crippen LogP) is 6.64. The maximum absolute atomic E-state index is 12.7. The number of thiazole rings is 1. The van der Waals surface area contributed by atoms with E-state index in [4.69, 9.17) is 0 Å². The number of benzene rings is 2. The molecule has 0 aliphatic heterocycles. The van der Waals surface area contributed by atoms with Gasteiger partial charge in [0, 0.05) is 22.0 Å². The normalized spacial score (nSPS) is 11.9. The summed E-state index contributed by atoms with van der Waals surface area (Å²) in [6, 6.07) is 21.1. The number of hydrogen-bond donors (Lipinski definition) is 2. The van der Waals surface area contributed by atoms with E-state index in [1.807, 2.05) is 84.4 Å². The number of rotatable bonds is 8. The highest BCUT2D eigenvalue weighted by Gasteiger charge is 2.17. The third kappa shape index (κ3) is 6.64. The predicted molar refractivity (Wildman–Crippen MR) is 140 cm³/mol. The topological polar surface area (TPSA) is 71.1 Å². The van der Waals surface area contributed by atoms with Gasteiger partial charge in [-0.2, -0.15) is 0 Å². The van der Waals surface area contributed by atoms with Crippen molar-refractivity contribution >= 4 is 63.1 Å². The molecule has 0 saturated heterocycles. The van der Waals surface area contributed by atoms with Crippen molar-refractivity contribution in [1.82, 2.24) is 4.98 Å². The molecule has 0 saturated carbocycles. The number of carbonyl (C=O) groups is 2. The summed E-state index contributed by atoms with van der Waals surface area (Å²) in [7, 11) is 0. The number of amides is 2. The van der Waals surface area contributed by atoms with E-state index in [0.29, 0.717) is 10.8 Å². The van der Waals surface area contributed by atoms with Gasteiger partial charge < -0.3 is 10.6 Å². The molecule has 1 unspecified atom stereocenters. The summed E-state index contributed by atoms with van der Waals surface area (Å²) in [5, 5.41) is 9.96. The largest absolute Gasteiger partial charge is 0.322 e. The van der Waals surface area contributed by atoms with Gasteiger partial charge in [0.25, 0.3) is 0 Å². The monoisotopic (exact) mass is 491 g/mol. The van der Waals surface area contributed by atoms with Gasteiger partial charge in [0.15, 0.2) is 5.13 Å². The number of nitrogens with zero attached hydrogens (tertiary/aromatic N) is 1. The summed E-state index contributed by atoms with van der Waals surface area (Å²) < 4.78 is 0. The first-order chi connectivity index (χ1) is 16.1. The highest BCUT2D eigenvalue weighted by atomic mass is 32.2. The average Bonchev–Trinajstić information content (AvgIpc) is 3.51. The second-order valence-corrected chi connectivity index (χ2v) is 10.2. The summed E-state index contributed by atoms with van der Waals surface area (Å²) in [6.45, 7) is 1.85. The maximum atomic E-state index is 12.7. The maximum Gasteiger partial charge on any atom is 0.248 e. The first-order valence-electron chi connectivity index (χ1n) is 10.2. The third-order valence-corrected chi connectivity index (χ3v) is 7.26. The van der Waals surface area contributed by atoms with Crippen LogP contribution in [0.2, 0.25) is 0 Å². The molecule has 0 aliphatic rings. The van der Waals surface area contributed by atoms with Crippen molar-refractivity contribution in [2.45, 2.75) is 17.1 Å². The van der Waals surface area contributed by atoms with Gasteiger partial charge in [-0.05, 0) is 48.2 Å². The van der Waals surface area contributed by atoms with Crippen molar-refractivity contribution in [3.63, 3.8) is 0 Å². The van der Waals surface area contributed by atoms with E-state index in [2.05, 4.69) is 15.6 Å². The molecule has 0 aliphatic carbocycles. The van der Waals surface area contributed by atoms with Crippen LogP contribution < -0.4 is 10.6 Å². The number of carbonyl (C=O) groups excluding carboxylic acids is 2. The van der Waals surface area contributed by atoms with Crippen molar-refractivity contribution in [1.29, 1.82) is 0 Å². The van der Waals surface area contributed by atoms with Gasteiger partial charge in [0.2, 0.25) is 11.8 Å². The Hall–Kier alpha value is -3.20. The van der Waals surface area contributed by atoms with Crippen molar-refractivity contribution in [2.24, 2.45) is 0 Å². The van der Waals surface area contributed by atoms with Crippen molar-refractivity contribution in [2.75, 3.05) is 10.6 Å². The first kappa shape index (κ1) is 23.0. The van der Waals surface area contributed by atoms with Crippen LogP contribution in [-0.2, 0) is 9.59 Å². The minimum absolute atomic E-state index is 0.118. The van der Waals surface area contributed by atoms with Crippen LogP contribution in [0.5, 0.6) is 0 Å². The zero-order valence-corrected chi connectivity index (χ0v) is 20.2. The number of anilines is 2. The first-order valence-corrected chi connectivity index (χ1v) is 12.8. The molecule has 2 heterocycles. The van der Waals surface area contributed by atoms with Crippen molar-refractivity contribution < 1.29 is 9.59 Å². The van der Waals surface area contributed by atoms with Gasteiger partial charge >= 0.3 is 0 Å². The lowest BCUT2D eigenvalue weighted by Gasteiger charge is -2.11. The fourth-order valence-corrected chi connectivity index (χ4v) is 5.30. The van der Waals surface area contributed by atoms with E-state index in [-0.39, 0.29) is 17.1 Å². The fourth-order valence-electron chi connectivity index (χ4n) is 2.90. The lowest BCUT2D eigenvalue weighted by atomic mass is 10.2. The molecule has 4 rings (SSSR count). The lowest BCUT2D eigenvalue weighted by Crippen LogP contribution is -2.22. The summed E-state index contributed by atoms with van der Waals surface area (Å²) >= 11 is 4.45. The van der Waals surface area contributed by atoms with Crippen LogP contribution in [0.25, 0.3) is 16.6 Å². The van der Waals surface area contributed by atoms with Gasteiger partial charge in [0.05, 0.1) is 15.8 Å². The Kier molecular flexibility index (Phi) is 7.72. The minimum atomic E-state index is -0.331. The smallest absolute Gasteiger partial charge is 0.248 e. The van der Waals surface area contributed by atoms with Gasteiger partial charge in [-0.15, -0.1) is 34.4 Å². The molecule has 1 atom stereocenters. The summed E-state index contributed by atoms with van der Waals surface area (Å²) in [5.74, 6) is -0.329. The Labute approximate surface area is 204 Å². The Morgan fingerprint density at radius 3 is 2.64 bits per heavy atom. The summed E-state index contributed by atoms with van der Waals surface area (Å²) in [6.07, 6.45) is 3.27. The average molecular weight is 492 g/mol. The molecule has 8 heteroatoms. The Morgan fingerprint density at radius 1 is 1.00 bits per heavy atom. The molecule has 2 amide bonds. The molecule has 5 nitrogen and oxygen atoms in total. The van der Waals surface area contributed by atoms with Crippen molar-refractivity contribution in [3.8, 4) is 10.6 Å². The van der Waals surface area contributed by atoms with Crippen LogP contribution in [0.3, 0.4) is 0 Å². The molecule has 0 spiro atoms. The number of hydrogen-bond acceptors (Lipinski definition) is 6. The van der Waals surface area contributed by atoms with Gasteiger partial charge in [0.1, 0.15) is 0 Å². The second kappa shape index (κ2) is 11.1.